The number of carbonyl (C=O) groups excluding carboxylic acids is 2. The molecular weight excluding hydrogens is 306 g/mol. The normalized spacial score (nSPS) is 15.8. The fourth-order valence-corrected chi connectivity index (χ4v) is 4.00. The molecule has 1 fully saturated rings. The monoisotopic (exact) mass is 327 g/mol. The van der Waals surface area contributed by atoms with Gasteiger partial charge < -0.3 is 11.1 Å². The molecule has 0 atom stereocenters. The van der Waals surface area contributed by atoms with Crippen LogP contribution in [0.25, 0.3) is 0 Å². The minimum Gasteiger partial charge on any atom is -0.369 e. The van der Waals surface area contributed by atoms with Crippen molar-refractivity contribution < 1.29 is 9.59 Å². The maximum atomic E-state index is 12.0. The highest BCUT2D eigenvalue weighted by atomic mass is 32.2. The first-order valence-corrected chi connectivity index (χ1v) is 9.27. The number of nitrogens with zero attached hydrogens (tertiary/aromatic N) is 1. The summed E-state index contributed by atoms with van der Waals surface area (Å²) in [5, 5.41) is 5.43. The van der Waals surface area contributed by atoms with Crippen molar-refractivity contribution in [3.63, 3.8) is 0 Å². The van der Waals surface area contributed by atoms with E-state index in [2.05, 4.69) is 10.3 Å². The summed E-state index contributed by atoms with van der Waals surface area (Å²) in [6.45, 7) is 0. The number of nitrogens with one attached hydrogen (secondary N) is 1. The van der Waals surface area contributed by atoms with Gasteiger partial charge in [0.1, 0.15) is 0 Å². The van der Waals surface area contributed by atoms with Crippen LogP contribution in [0.2, 0.25) is 0 Å². The van der Waals surface area contributed by atoms with Crippen molar-refractivity contribution in [2.24, 2.45) is 11.7 Å². The molecule has 2 rings (SSSR count). The summed E-state index contributed by atoms with van der Waals surface area (Å²) in [6, 6.07) is 0. The van der Waals surface area contributed by atoms with Crippen molar-refractivity contribution in [2.75, 3.05) is 11.1 Å². The summed E-state index contributed by atoms with van der Waals surface area (Å²) in [5.74, 6) is 1.20. The van der Waals surface area contributed by atoms with E-state index in [0.29, 0.717) is 29.0 Å². The molecule has 1 aromatic heterocycles. The molecule has 1 heterocycles. The van der Waals surface area contributed by atoms with Crippen LogP contribution < -0.4 is 11.1 Å². The Morgan fingerprint density at radius 1 is 1.38 bits per heavy atom. The van der Waals surface area contributed by atoms with Crippen LogP contribution in [-0.2, 0) is 15.3 Å². The summed E-state index contributed by atoms with van der Waals surface area (Å²) >= 11 is 2.86. The van der Waals surface area contributed by atoms with Crippen molar-refractivity contribution in [3.05, 3.63) is 11.1 Å². The molecule has 5 nitrogen and oxygen atoms in total. The Kier molecular flexibility index (Phi) is 6.50. The molecular formula is C14H21N3O2S2. The second kappa shape index (κ2) is 8.38. The Labute approximate surface area is 133 Å². The van der Waals surface area contributed by atoms with Crippen molar-refractivity contribution in [2.45, 2.75) is 44.3 Å². The van der Waals surface area contributed by atoms with Crippen molar-refractivity contribution >= 4 is 40.0 Å². The Morgan fingerprint density at radius 3 is 2.86 bits per heavy atom. The average molecular weight is 327 g/mol. The largest absolute Gasteiger partial charge is 0.369 e. The third kappa shape index (κ3) is 6.05. The summed E-state index contributed by atoms with van der Waals surface area (Å²) in [7, 11) is 0. The molecule has 0 saturated heterocycles. The fourth-order valence-electron chi connectivity index (χ4n) is 2.51. The minimum atomic E-state index is -0.323. The molecule has 7 heteroatoms. The van der Waals surface area contributed by atoms with E-state index in [-0.39, 0.29) is 11.8 Å². The summed E-state index contributed by atoms with van der Waals surface area (Å²) in [6.07, 6.45) is 6.73. The van der Waals surface area contributed by atoms with E-state index in [1.165, 1.54) is 55.2 Å². The van der Waals surface area contributed by atoms with Crippen molar-refractivity contribution in [1.82, 2.24) is 4.98 Å². The number of primary amides is 1. The predicted octanol–water partition coefficient (Wildman–Crippen LogP) is 2.77. The van der Waals surface area contributed by atoms with Crippen LogP contribution in [0, 0.1) is 5.92 Å². The van der Waals surface area contributed by atoms with Crippen LogP contribution in [0.1, 0.15) is 44.2 Å². The molecule has 3 N–H and O–H groups in total. The third-order valence-electron chi connectivity index (χ3n) is 3.49. The lowest BCUT2D eigenvalue weighted by molar-refractivity contribution is -0.117. The Balaban J connectivity index is 1.73. The van der Waals surface area contributed by atoms with E-state index < -0.39 is 0 Å². The molecule has 116 valence electrons. The summed E-state index contributed by atoms with van der Waals surface area (Å²) in [4.78, 5) is 27.0. The van der Waals surface area contributed by atoms with Gasteiger partial charge in [0.05, 0.1) is 11.4 Å². The quantitative estimate of drug-likeness (QED) is 0.806. The number of thioether (sulfide) groups is 1. The molecule has 1 saturated carbocycles. The van der Waals surface area contributed by atoms with Gasteiger partial charge in [-0.25, -0.2) is 4.98 Å². The van der Waals surface area contributed by atoms with Crippen LogP contribution in [-0.4, -0.2) is 22.6 Å². The van der Waals surface area contributed by atoms with E-state index in [9.17, 15) is 9.59 Å². The number of anilines is 1. The number of hydrogen-bond acceptors (Lipinski definition) is 5. The van der Waals surface area contributed by atoms with Gasteiger partial charge in [0.15, 0.2) is 5.13 Å². The number of aromatic nitrogens is 1. The van der Waals surface area contributed by atoms with Crippen molar-refractivity contribution in [1.29, 1.82) is 0 Å². The second-order valence-corrected chi connectivity index (χ2v) is 7.20. The number of rotatable bonds is 7. The van der Waals surface area contributed by atoms with Gasteiger partial charge in [-0.05, 0) is 18.8 Å². The molecule has 0 radical (unpaired) electrons. The van der Waals surface area contributed by atoms with Gasteiger partial charge in [-0.2, -0.15) is 0 Å². The van der Waals surface area contributed by atoms with E-state index in [0.717, 1.165) is 5.69 Å². The van der Waals surface area contributed by atoms with Gasteiger partial charge in [0, 0.05) is 17.6 Å². The molecule has 2 amide bonds. The van der Waals surface area contributed by atoms with E-state index in [1.54, 1.807) is 0 Å². The van der Waals surface area contributed by atoms with Crippen LogP contribution in [0.3, 0.4) is 0 Å². The van der Waals surface area contributed by atoms with Crippen LogP contribution in [0.15, 0.2) is 5.38 Å². The topological polar surface area (TPSA) is 85.1 Å². The molecule has 0 spiro atoms. The number of hydrogen-bond donors (Lipinski definition) is 2. The van der Waals surface area contributed by atoms with E-state index >= 15 is 0 Å². The number of amides is 2. The smallest absolute Gasteiger partial charge is 0.227 e. The van der Waals surface area contributed by atoms with Gasteiger partial charge in [0.25, 0.3) is 0 Å². The third-order valence-corrected chi connectivity index (χ3v) is 5.29. The lowest BCUT2D eigenvalue weighted by atomic mass is 9.87. The molecule has 0 bridgehead atoms. The van der Waals surface area contributed by atoms with Gasteiger partial charge in [-0.1, -0.05) is 19.3 Å². The lowest BCUT2D eigenvalue weighted by Gasteiger charge is -2.20. The first kappa shape index (κ1) is 16.3. The van der Waals surface area contributed by atoms with Gasteiger partial charge in [0.2, 0.25) is 11.8 Å². The lowest BCUT2D eigenvalue weighted by Crippen LogP contribution is -2.18. The van der Waals surface area contributed by atoms with Gasteiger partial charge in [-0.15, -0.1) is 23.1 Å². The Morgan fingerprint density at radius 2 is 2.14 bits per heavy atom. The number of carbonyl (C=O) groups is 2. The minimum absolute atomic E-state index is 0.0626. The van der Waals surface area contributed by atoms with Crippen LogP contribution in [0.5, 0.6) is 0 Å². The number of nitrogens with two attached hydrogens (primary N) is 1. The molecule has 1 aromatic rings. The highest BCUT2D eigenvalue weighted by Gasteiger charge is 2.17. The number of thiazole rings is 1. The maximum absolute atomic E-state index is 12.0. The zero-order valence-corrected chi connectivity index (χ0v) is 13.6. The zero-order chi connectivity index (χ0) is 15.1. The standard InChI is InChI=1S/C14H21N3O2S2/c15-12(18)9-20-7-11-8-21-14(16-11)17-13(19)6-10-4-2-1-3-5-10/h8,10H,1-7,9H2,(H2,15,18)(H,16,17,19). The first-order valence-electron chi connectivity index (χ1n) is 7.24. The van der Waals surface area contributed by atoms with E-state index in [4.69, 9.17) is 5.73 Å². The van der Waals surface area contributed by atoms with E-state index in [1.807, 2.05) is 5.38 Å². The molecule has 1 aliphatic rings. The highest BCUT2D eigenvalue weighted by molar-refractivity contribution is 7.99. The fraction of sp³-hybridized carbons (Fsp3) is 0.643. The second-order valence-electron chi connectivity index (χ2n) is 5.36. The highest BCUT2D eigenvalue weighted by Crippen LogP contribution is 2.27. The molecule has 1 aliphatic carbocycles. The molecule has 0 unspecified atom stereocenters. The molecule has 0 aliphatic heterocycles. The Bertz CT molecular complexity index is 484. The van der Waals surface area contributed by atoms with Gasteiger partial charge in [-0.3, -0.25) is 9.59 Å². The molecule has 0 aromatic carbocycles. The summed E-state index contributed by atoms with van der Waals surface area (Å²) in [5.41, 5.74) is 5.96. The summed E-state index contributed by atoms with van der Waals surface area (Å²) < 4.78 is 0. The van der Waals surface area contributed by atoms with Crippen LogP contribution >= 0.6 is 23.1 Å². The SMILES string of the molecule is NC(=O)CSCc1csc(NC(=O)CC2CCCCC2)n1. The van der Waals surface area contributed by atoms with Crippen LogP contribution in [0.4, 0.5) is 5.13 Å². The average Bonchev–Trinajstić information content (AvgIpc) is 2.86. The van der Waals surface area contributed by atoms with Gasteiger partial charge >= 0.3 is 0 Å². The van der Waals surface area contributed by atoms with Crippen molar-refractivity contribution in [3.8, 4) is 0 Å². The zero-order valence-electron chi connectivity index (χ0n) is 12.0. The maximum Gasteiger partial charge on any atom is 0.227 e. The molecule has 21 heavy (non-hydrogen) atoms. The Hall–Kier alpha value is -1.08. The predicted molar refractivity (Wildman–Crippen MR) is 87.3 cm³/mol. The first-order chi connectivity index (χ1) is 10.1.